The number of esters is 2. The van der Waals surface area contributed by atoms with Crippen LogP contribution in [0.5, 0.6) is 11.5 Å². The molecule has 0 aliphatic rings. The molecule has 2 rings (SSSR count). The SMILES string of the molecule is CCC(=O)Oc1cc(C)c(OC(=O)CC)c2ccccc12. The molecule has 2 aromatic carbocycles. The Labute approximate surface area is 123 Å². The predicted octanol–water partition coefficient (Wildman–Crippen LogP) is 3.78. The van der Waals surface area contributed by atoms with Crippen LogP contribution in [0, 0.1) is 6.92 Å². The molecule has 0 spiro atoms. The number of carbonyl (C=O) groups excluding carboxylic acids is 2. The topological polar surface area (TPSA) is 52.6 Å². The maximum Gasteiger partial charge on any atom is 0.310 e. The van der Waals surface area contributed by atoms with E-state index in [1.807, 2.05) is 31.2 Å². The number of rotatable bonds is 4. The molecule has 0 aromatic heterocycles. The Kier molecular flexibility index (Phi) is 4.58. The summed E-state index contributed by atoms with van der Waals surface area (Å²) in [6.45, 7) is 5.32. The van der Waals surface area contributed by atoms with Crippen molar-refractivity contribution < 1.29 is 19.1 Å². The molecule has 0 heterocycles. The molecule has 110 valence electrons. The Morgan fingerprint density at radius 1 is 0.952 bits per heavy atom. The van der Waals surface area contributed by atoms with Crippen LogP contribution in [0.4, 0.5) is 0 Å². The van der Waals surface area contributed by atoms with Crippen molar-refractivity contribution in [1.82, 2.24) is 0 Å². The van der Waals surface area contributed by atoms with Crippen molar-refractivity contribution in [3.63, 3.8) is 0 Å². The molecule has 0 aliphatic carbocycles. The lowest BCUT2D eigenvalue weighted by Crippen LogP contribution is -2.09. The van der Waals surface area contributed by atoms with E-state index in [4.69, 9.17) is 9.47 Å². The summed E-state index contributed by atoms with van der Waals surface area (Å²) in [5.74, 6) is 0.430. The van der Waals surface area contributed by atoms with Gasteiger partial charge in [-0.1, -0.05) is 38.1 Å². The number of benzene rings is 2. The third-order valence-electron chi connectivity index (χ3n) is 3.16. The Hall–Kier alpha value is -2.36. The van der Waals surface area contributed by atoms with Gasteiger partial charge in [0, 0.05) is 23.6 Å². The molecule has 4 nitrogen and oxygen atoms in total. The first-order valence-corrected chi connectivity index (χ1v) is 7.00. The zero-order valence-corrected chi connectivity index (χ0v) is 12.4. The first-order chi connectivity index (χ1) is 10.1. The first-order valence-electron chi connectivity index (χ1n) is 7.00. The molecular formula is C17H18O4. The van der Waals surface area contributed by atoms with E-state index >= 15 is 0 Å². The Morgan fingerprint density at radius 2 is 1.52 bits per heavy atom. The zero-order valence-electron chi connectivity index (χ0n) is 12.4. The standard InChI is InChI=1S/C17H18O4/c1-4-15(18)20-14-10-11(3)17(21-16(19)5-2)13-9-7-6-8-12(13)14/h6-10H,4-5H2,1-3H3. The van der Waals surface area contributed by atoms with Gasteiger partial charge in [-0.25, -0.2) is 0 Å². The number of hydrogen-bond donors (Lipinski definition) is 0. The van der Waals surface area contributed by atoms with Gasteiger partial charge in [-0.05, 0) is 18.6 Å². The normalized spacial score (nSPS) is 10.4. The second-order valence-corrected chi connectivity index (χ2v) is 4.72. The minimum absolute atomic E-state index is 0.290. The molecule has 0 saturated heterocycles. The molecule has 21 heavy (non-hydrogen) atoms. The molecule has 0 bridgehead atoms. The van der Waals surface area contributed by atoms with Crippen LogP contribution in [0.1, 0.15) is 32.3 Å². The molecular weight excluding hydrogens is 268 g/mol. The highest BCUT2D eigenvalue weighted by molar-refractivity contribution is 5.97. The van der Waals surface area contributed by atoms with E-state index < -0.39 is 0 Å². The minimum atomic E-state index is -0.294. The highest BCUT2D eigenvalue weighted by atomic mass is 16.5. The van der Waals surface area contributed by atoms with E-state index in [1.165, 1.54) is 0 Å². The quantitative estimate of drug-likeness (QED) is 0.634. The summed E-state index contributed by atoms with van der Waals surface area (Å²) < 4.78 is 10.8. The summed E-state index contributed by atoms with van der Waals surface area (Å²) in [6.07, 6.45) is 0.611. The number of aryl methyl sites for hydroxylation is 1. The molecule has 0 amide bonds. The van der Waals surface area contributed by atoms with Gasteiger partial charge in [0.05, 0.1) is 0 Å². The van der Waals surface area contributed by atoms with Gasteiger partial charge in [0.15, 0.2) is 0 Å². The number of hydrogen-bond acceptors (Lipinski definition) is 4. The molecule has 0 atom stereocenters. The summed E-state index contributed by atoms with van der Waals surface area (Å²) >= 11 is 0. The Balaban J connectivity index is 2.57. The van der Waals surface area contributed by atoms with Crippen LogP contribution in [-0.4, -0.2) is 11.9 Å². The average molecular weight is 286 g/mol. The number of ether oxygens (including phenoxy) is 2. The van der Waals surface area contributed by atoms with E-state index in [0.29, 0.717) is 24.3 Å². The van der Waals surface area contributed by atoms with Gasteiger partial charge >= 0.3 is 11.9 Å². The maximum absolute atomic E-state index is 11.6. The van der Waals surface area contributed by atoms with Gasteiger partial charge in [0.2, 0.25) is 0 Å². The van der Waals surface area contributed by atoms with Gasteiger partial charge in [-0.2, -0.15) is 0 Å². The van der Waals surface area contributed by atoms with Crippen molar-refractivity contribution in [3.05, 3.63) is 35.9 Å². The first kappa shape index (κ1) is 15.0. The van der Waals surface area contributed by atoms with Gasteiger partial charge in [-0.15, -0.1) is 0 Å². The third kappa shape index (κ3) is 3.21. The zero-order chi connectivity index (χ0) is 15.4. The Bertz CT molecular complexity index is 688. The third-order valence-corrected chi connectivity index (χ3v) is 3.16. The van der Waals surface area contributed by atoms with Gasteiger partial charge < -0.3 is 9.47 Å². The lowest BCUT2D eigenvalue weighted by molar-refractivity contribution is -0.135. The predicted molar refractivity (Wildman–Crippen MR) is 80.5 cm³/mol. The monoisotopic (exact) mass is 286 g/mol. The van der Waals surface area contributed by atoms with Crippen LogP contribution in [0.3, 0.4) is 0 Å². The van der Waals surface area contributed by atoms with Crippen molar-refractivity contribution in [3.8, 4) is 11.5 Å². The second-order valence-electron chi connectivity index (χ2n) is 4.72. The maximum atomic E-state index is 11.6. The lowest BCUT2D eigenvalue weighted by atomic mass is 10.0. The smallest absolute Gasteiger partial charge is 0.310 e. The fourth-order valence-electron chi connectivity index (χ4n) is 2.05. The lowest BCUT2D eigenvalue weighted by Gasteiger charge is -2.14. The fourth-order valence-corrected chi connectivity index (χ4v) is 2.05. The summed E-state index contributed by atoms with van der Waals surface area (Å²) in [4.78, 5) is 23.1. The molecule has 0 N–H and O–H groups in total. The van der Waals surface area contributed by atoms with E-state index in [-0.39, 0.29) is 11.9 Å². The molecule has 4 heteroatoms. The number of fused-ring (bicyclic) bond motifs is 1. The highest BCUT2D eigenvalue weighted by Crippen LogP contribution is 2.36. The van der Waals surface area contributed by atoms with Crippen molar-refractivity contribution in [1.29, 1.82) is 0 Å². The van der Waals surface area contributed by atoms with Gasteiger partial charge in [-0.3, -0.25) is 9.59 Å². The van der Waals surface area contributed by atoms with Gasteiger partial charge in [0.25, 0.3) is 0 Å². The summed E-state index contributed by atoms with van der Waals surface area (Å²) in [5.41, 5.74) is 0.759. The van der Waals surface area contributed by atoms with Crippen LogP contribution in [0.15, 0.2) is 30.3 Å². The van der Waals surface area contributed by atoms with Crippen LogP contribution < -0.4 is 9.47 Å². The van der Waals surface area contributed by atoms with E-state index in [0.717, 1.165) is 16.3 Å². The van der Waals surface area contributed by atoms with Crippen LogP contribution in [0.2, 0.25) is 0 Å². The summed E-state index contributed by atoms with van der Waals surface area (Å²) in [7, 11) is 0. The van der Waals surface area contributed by atoms with Crippen LogP contribution in [0.25, 0.3) is 10.8 Å². The van der Waals surface area contributed by atoms with E-state index in [1.54, 1.807) is 19.9 Å². The second kappa shape index (κ2) is 6.39. The number of carbonyl (C=O) groups is 2. The molecule has 0 fully saturated rings. The van der Waals surface area contributed by atoms with Crippen LogP contribution in [-0.2, 0) is 9.59 Å². The summed E-state index contributed by atoms with van der Waals surface area (Å²) in [5, 5.41) is 1.52. The Morgan fingerprint density at radius 3 is 2.14 bits per heavy atom. The molecule has 0 radical (unpaired) electrons. The fraction of sp³-hybridized carbons (Fsp3) is 0.294. The molecule has 0 aliphatic heterocycles. The molecule has 2 aromatic rings. The van der Waals surface area contributed by atoms with E-state index in [2.05, 4.69) is 0 Å². The average Bonchev–Trinajstić information content (AvgIpc) is 2.50. The highest BCUT2D eigenvalue weighted by Gasteiger charge is 2.15. The van der Waals surface area contributed by atoms with Gasteiger partial charge in [0.1, 0.15) is 11.5 Å². The minimum Gasteiger partial charge on any atom is -0.426 e. The van der Waals surface area contributed by atoms with Crippen molar-refractivity contribution in [2.24, 2.45) is 0 Å². The molecule has 0 unspecified atom stereocenters. The van der Waals surface area contributed by atoms with Crippen molar-refractivity contribution in [2.45, 2.75) is 33.6 Å². The summed E-state index contributed by atoms with van der Waals surface area (Å²) in [6, 6.07) is 9.14. The molecule has 0 saturated carbocycles. The van der Waals surface area contributed by atoms with E-state index in [9.17, 15) is 9.59 Å². The van der Waals surface area contributed by atoms with Crippen LogP contribution >= 0.6 is 0 Å². The van der Waals surface area contributed by atoms with Crippen molar-refractivity contribution >= 4 is 22.7 Å². The largest absolute Gasteiger partial charge is 0.426 e. The van der Waals surface area contributed by atoms with Crippen molar-refractivity contribution in [2.75, 3.05) is 0 Å².